The van der Waals surface area contributed by atoms with Crippen LogP contribution in [0.3, 0.4) is 0 Å². The van der Waals surface area contributed by atoms with Crippen LogP contribution in [0.4, 0.5) is 25.2 Å². The predicted molar refractivity (Wildman–Crippen MR) is 105 cm³/mol. The number of hydrogen-bond acceptors (Lipinski definition) is 1. The van der Waals surface area contributed by atoms with E-state index in [1.165, 1.54) is 62.2 Å². The maximum atomic E-state index is 9.87. The standard InChI is InChI=1S/C10H15.C8H12.C2H3N.F6P.Ru/c1-6-7(2)9(4)10(5)8(6)3;1-2-4-6-8-7-5-3-1;1-2-3;1-7(2,3,4,5)6;/h1-5H3;1-2,7-8H,3-6H2;1H3;;/q;;;-1;+2. The molecule has 0 amide bonds. The third kappa shape index (κ3) is 24.3. The monoisotopic (exact) mass is 531 g/mol. The molecule has 0 aromatic heterocycles. The molecule has 0 aromatic rings. The molecule has 2 rings (SSSR count). The summed E-state index contributed by atoms with van der Waals surface area (Å²) in [5.41, 5.74) is 0. The molecule has 9 radical (unpaired) electrons. The Kier molecular flexibility index (Phi) is 15.7. The van der Waals surface area contributed by atoms with Crippen LogP contribution in [-0.4, -0.2) is 0 Å². The third-order valence-electron chi connectivity index (χ3n) is 4.15. The minimum Gasteiger partial charge on any atom is -0.0496 e. The van der Waals surface area contributed by atoms with Crippen LogP contribution in [0.25, 0.3) is 0 Å². The average Bonchev–Trinajstić information content (AvgIpc) is 2.63. The molecular weight excluding hydrogens is 500 g/mol. The van der Waals surface area contributed by atoms with Crippen molar-refractivity contribution < 1.29 is 44.7 Å². The summed E-state index contributed by atoms with van der Waals surface area (Å²) in [7, 11) is -10.7. The minimum atomic E-state index is -10.7. The molecule has 9 heteroatoms. The van der Waals surface area contributed by atoms with Crippen molar-refractivity contribution in [3.63, 3.8) is 0 Å². The second kappa shape index (κ2) is 13.5. The fraction of sp³-hybridized carbons (Fsp3) is 0.500. The molecule has 0 bridgehead atoms. The first-order valence-electron chi connectivity index (χ1n) is 8.79. The van der Waals surface area contributed by atoms with Crippen LogP contribution in [0.1, 0.15) is 67.2 Å². The summed E-state index contributed by atoms with van der Waals surface area (Å²) in [5, 5.41) is 7.32. The Morgan fingerprint density at radius 3 is 0.828 bits per heavy atom. The molecule has 0 N–H and O–H groups in total. The van der Waals surface area contributed by atoms with Crippen molar-refractivity contribution in [2.45, 2.75) is 67.2 Å². The Hall–Kier alpha value is 0.123. The first-order chi connectivity index (χ1) is 12.4. The van der Waals surface area contributed by atoms with Gasteiger partial charge in [0.2, 0.25) is 0 Å². The van der Waals surface area contributed by atoms with Gasteiger partial charge in [-0.3, -0.25) is 0 Å². The van der Waals surface area contributed by atoms with E-state index < -0.39 is 7.81 Å². The maximum Gasteiger partial charge on any atom is 2.00 e. The number of hydrogen-bond donors (Lipinski definition) is 0. The first-order valence-corrected chi connectivity index (χ1v) is 10.8. The Morgan fingerprint density at radius 1 is 0.621 bits per heavy atom. The molecule has 29 heavy (non-hydrogen) atoms. The Bertz CT molecular complexity index is 382. The van der Waals surface area contributed by atoms with E-state index in [-0.39, 0.29) is 19.5 Å². The molecule has 0 aromatic carbocycles. The molecule has 169 valence electrons. The van der Waals surface area contributed by atoms with Crippen LogP contribution in [-0.2, 0) is 19.5 Å². The summed E-state index contributed by atoms with van der Waals surface area (Å²) in [5.74, 6) is 7.34. The molecule has 2 fully saturated rings. The zero-order chi connectivity index (χ0) is 22.7. The number of rotatable bonds is 0. The number of nitrogens with zero attached hydrogens (tertiary/aromatic N) is 1. The fourth-order valence-corrected chi connectivity index (χ4v) is 2.26. The summed E-state index contributed by atoms with van der Waals surface area (Å²) in [6, 6.07) is 1.75. The van der Waals surface area contributed by atoms with Crippen LogP contribution in [0.5, 0.6) is 0 Å². The SMILES string of the molecule is CC#N.C[C]1[C](C)[C](C)[C](C)[C]1C.F[P-](F)(F)(F)(F)F.[CH]1[CH]CC[CH][CH]CC1.[Ru+2]. The van der Waals surface area contributed by atoms with E-state index >= 15 is 0 Å². The number of nitriles is 1. The first kappa shape index (κ1) is 33.8. The maximum absolute atomic E-state index is 10.7. The smallest absolute Gasteiger partial charge is 0.0496 e. The molecule has 0 spiro atoms. The van der Waals surface area contributed by atoms with Crippen molar-refractivity contribution in [2.75, 3.05) is 0 Å². The molecule has 0 unspecified atom stereocenters. The second-order valence-electron chi connectivity index (χ2n) is 6.40. The summed E-state index contributed by atoms with van der Waals surface area (Å²) in [4.78, 5) is 0. The van der Waals surface area contributed by atoms with Crippen LogP contribution in [0, 0.1) is 66.6 Å². The average molecular weight is 530 g/mol. The zero-order valence-electron chi connectivity index (χ0n) is 17.7. The van der Waals surface area contributed by atoms with Crippen LogP contribution >= 0.6 is 7.81 Å². The molecule has 1 nitrogen and oxygen atoms in total. The van der Waals surface area contributed by atoms with Gasteiger partial charge in [0.25, 0.3) is 0 Å². The Morgan fingerprint density at radius 2 is 0.724 bits per heavy atom. The van der Waals surface area contributed by atoms with Gasteiger partial charge in [-0.1, -0.05) is 34.6 Å². The van der Waals surface area contributed by atoms with E-state index in [4.69, 9.17) is 5.26 Å². The summed E-state index contributed by atoms with van der Waals surface area (Å²) < 4.78 is 59.2. The molecule has 2 aliphatic rings. The van der Waals surface area contributed by atoms with E-state index in [0.29, 0.717) is 0 Å². The zero-order valence-corrected chi connectivity index (χ0v) is 20.3. The molecule has 0 atom stereocenters. The van der Waals surface area contributed by atoms with Crippen molar-refractivity contribution in [2.24, 2.45) is 0 Å². The van der Waals surface area contributed by atoms with E-state index in [1.807, 2.05) is 0 Å². The molecule has 2 aliphatic carbocycles. The van der Waals surface area contributed by atoms with Gasteiger partial charge in [0.15, 0.2) is 0 Å². The molecule has 0 saturated heterocycles. The summed E-state index contributed by atoms with van der Waals surface area (Å²) in [6.45, 7) is 12.4. The van der Waals surface area contributed by atoms with E-state index in [1.54, 1.807) is 6.07 Å². The van der Waals surface area contributed by atoms with Crippen LogP contribution < -0.4 is 0 Å². The van der Waals surface area contributed by atoms with Crippen molar-refractivity contribution in [1.29, 1.82) is 5.26 Å². The summed E-state index contributed by atoms with van der Waals surface area (Å²) in [6.07, 6.45) is 14.0. The van der Waals surface area contributed by atoms with Gasteiger partial charge in [-0.2, -0.15) is 5.26 Å². The van der Waals surface area contributed by atoms with Crippen LogP contribution in [0.15, 0.2) is 0 Å². The van der Waals surface area contributed by atoms with Gasteiger partial charge in [-0.05, 0) is 81.0 Å². The van der Waals surface area contributed by atoms with Crippen molar-refractivity contribution in [3.05, 3.63) is 55.3 Å². The third-order valence-corrected chi connectivity index (χ3v) is 4.15. The molecule has 0 heterocycles. The van der Waals surface area contributed by atoms with Gasteiger partial charge >= 0.3 is 52.5 Å². The predicted octanol–water partition coefficient (Wildman–Crippen LogP) is 9.26. The van der Waals surface area contributed by atoms with Crippen molar-refractivity contribution in [1.82, 2.24) is 0 Å². The second-order valence-corrected chi connectivity index (χ2v) is 8.32. The normalized spacial score (nSPS) is 22.3. The topological polar surface area (TPSA) is 23.8 Å². The van der Waals surface area contributed by atoms with E-state index in [2.05, 4.69) is 60.3 Å². The van der Waals surface area contributed by atoms with Gasteiger partial charge in [-0.15, -0.1) is 0 Å². The largest absolute Gasteiger partial charge is 2.00 e. The number of halogens is 6. The van der Waals surface area contributed by atoms with E-state index in [0.717, 1.165) is 0 Å². The fourth-order valence-electron chi connectivity index (χ4n) is 2.26. The van der Waals surface area contributed by atoms with Gasteiger partial charge < -0.3 is 0 Å². The van der Waals surface area contributed by atoms with Crippen LogP contribution in [0.2, 0.25) is 0 Å². The Balaban J connectivity index is -0.000000327. The molecular formula is C20H30F6NPRu+. The van der Waals surface area contributed by atoms with Crippen molar-refractivity contribution in [3.8, 4) is 6.07 Å². The molecule has 2 saturated carbocycles. The summed E-state index contributed by atoms with van der Waals surface area (Å²) >= 11 is 0. The van der Waals surface area contributed by atoms with Gasteiger partial charge in [0.05, 0.1) is 6.07 Å². The van der Waals surface area contributed by atoms with Gasteiger partial charge in [0, 0.05) is 6.92 Å². The minimum absolute atomic E-state index is 0. The van der Waals surface area contributed by atoms with Gasteiger partial charge in [-0.25, -0.2) is 0 Å². The van der Waals surface area contributed by atoms with E-state index in [9.17, 15) is 25.2 Å². The quantitative estimate of drug-likeness (QED) is 0.174. The van der Waals surface area contributed by atoms with Gasteiger partial charge in [0.1, 0.15) is 0 Å². The Labute approximate surface area is 186 Å². The molecule has 0 aliphatic heterocycles. The van der Waals surface area contributed by atoms with Crippen molar-refractivity contribution >= 4 is 7.81 Å².